The van der Waals surface area contributed by atoms with Crippen molar-refractivity contribution in [1.29, 1.82) is 0 Å². The van der Waals surface area contributed by atoms with Gasteiger partial charge in [0, 0.05) is 43.5 Å². The van der Waals surface area contributed by atoms with Crippen LogP contribution in [0.5, 0.6) is 0 Å². The van der Waals surface area contributed by atoms with Gasteiger partial charge in [-0.15, -0.1) is 17.1 Å². The largest absolute Gasteiger partial charge is 2.00 e. The fourth-order valence-electron chi connectivity index (χ4n) is 11.5. The smallest absolute Gasteiger partial charge is 0.651 e. The first-order chi connectivity index (χ1) is 39.2. The van der Waals surface area contributed by atoms with Crippen molar-refractivity contribution in [3.05, 3.63) is 210 Å². The van der Waals surface area contributed by atoms with Gasteiger partial charge in [0.05, 0.1) is 34.0 Å². The predicted molar refractivity (Wildman–Crippen MR) is 371 cm³/mol. The van der Waals surface area contributed by atoms with E-state index in [-0.39, 0.29) is 35.3 Å². The Labute approximate surface area is 529 Å². The van der Waals surface area contributed by atoms with E-state index in [1.807, 2.05) is 0 Å². The minimum atomic E-state index is -1.22. The molecular weight excluding hydrogens is 1150 g/mol. The fraction of sp³-hybridized carbons (Fsp3) is 0.408. The first kappa shape index (κ1) is 71.6. The molecule has 2 radical (unpaired) electrons. The molecule has 0 aliphatic carbocycles. The maximum absolute atomic E-state index is 5.37. The van der Waals surface area contributed by atoms with Gasteiger partial charge in [-0.25, -0.2) is 0 Å². The zero-order chi connectivity index (χ0) is 58.0. The van der Waals surface area contributed by atoms with E-state index in [9.17, 15) is 0 Å². The summed E-state index contributed by atoms with van der Waals surface area (Å²) >= 11 is 0. The predicted octanol–water partition coefficient (Wildman–Crippen LogP) is 18.8. The molecule has 2 heterocycles. The molecular formula is C71H99BCoN4O2P3V+3. The molecule has 2 aliphatic heterocycles. The molecule has 0 unspecified atom stereocenters. The molecule has 12 heteroatoms. The second-order valence-electron chi connectivity index (χ2n) is 23.6. The Balaban J connectivity index is 0.000000328. The third-order valence-electron chi connectivity index (χ3n) is 16.0. The molecule has 0 spiro atoms. The molecule has 0 bridgehead atoms. The van der Waals surface area contributed by atoms with E-state index in [1.165, 1.54) is 47.5 Å². The van der Waals surface area contributed by atoms with Gasteiger partial charge < -0.3 is 30.3 Å². The van der Waals surface area contributed by atoms with Crippen molar-refractivity contribution < 1.29 is 44.8 Å². The number of para-hydroxylation sites is 6. The second-order valence-corrected chi connectivity index (χ2v) is 34.9. The molecule has 2 aliphatic rings. The van der Waals surface area contributed by atoms with E-state index in [0.717, 1.165) is 79.4 Å². The molecule has 9 rings (SSSR count). The first-order valence-electron chi connectivity index (χ1n) is 30.4. The van der Waals surface area contributed by atoms with E-state index in [1.54, 1.807) is 0 Å². The van der Waals surface area contributed by atoms with Crippen molar-refractivity contribution >= 4 is 85.9 Å². The maximum atomic E-state index is 5.37. The van der Waals surface area contributed by atoms with Crippen LogP contribution in [0.25, 0.3) is 16.0 Å². The maximum Gasteiger partial charge on any atom is 2.00 e. The molecule has 0 N–H and O–H groups in total. The Morgan fingerprint density at radius 1 is 0.337 bits per heavy atom. The number of benzene rings is 7. The molecule has 444 valence electrons. The van der Waals surface area contributed by atoms with Gasteiger partial charge >= 0.3 is 35.3 Å². The summed E-state index contributed by atoms with van der Waals surface area (Å²) in [7, 11) is -1.94. The van der Waals surface area contributed by atoms with Gasteiger partial charge in [0.2, 0.25) is 0 Å². The number of rotatable bonds is 22. The monoisotopic (exact) mass is 1250 g/mol. The average molecular weight is 1250 g/mol. The Bertz CT molecular complexity index is 2440. The molecule has 2 saturated heterocycles. The zero-order valence-corrected chi connectivity index (χ0v) is 57.6. The molecule has 7 aromatic carbocycles. The number of hydrogen-bond donors (Lipinski definition) is 0. The topological polar surface area (TPSA) is 64.0 Å². The molecule has 83 heavy (non-hydrogen) atoms. The first-order valence-corrected chi connectivity index (χ1v) is 36.0. The summed E-state index contributed by atoms with van der Waals surface area (Å²) in [6.07, 6.45) is 6.62. The molecule has 0 amide bonds. The third-order valence-corrected chi connectivity index (χ3v) is 26.4. The summed E-state index contributed by atoms with van der Waals surface area (Å²) in [6, 6.07) is 69.6. The number of nitrogens with zero attached hydrogens (tertiary/aromatic N) is 4. The molecule has 0 atom stereocenters. The van der Waals surface area contributed by atoms with Gasteiger partial charge in [0.25, 0.3) is 0 Å². The number of hydrogen-bond acceptors (Lipinski definition) is 3. The molecule has 0 saturated carbocycles. The Morgan fingerprint density at radius 2 is 0.542 bits per heavy atom. The molecule has 6 nitrogen and oxygen atoms in total. The van der Waals surface area contributed by atoms with Crippen LogP contribution in [0.4, 0.5) is 34.1 Å². The normalized spacial score (nSPS) is 13.0. The number of anilines is 3. The minimum absolute atomic E-state index is 0. The van der Waals surface area contributed by atoms with Crippen molar-refractivity contribution in [2.24, 2.45) is 0 Å². The van der Waals surface area contributed by atoms with Crippen molar-refractivity contribution in [3.63, 3.8) is 0 Å². The zero-order valence-electron chi connectivity index (χ0n) is 52.2. The van der Waals surface area contributed by atoms with Gasteiger partial charge in [-0.05, 0) is 170 Å². The Hall–Kier alpha value is -3.89. The average Bonchev–Trinajstić information content (AvgIpc) is 2.93. The van der Waals surface area contributed by atoms with Gasteiger partial charge in [-0.1, -0.05) is 176 Å². The minimum Gasteiger partial charge on any atom is -0.651 e. The van der Waals surface area contributed by atoms with Crippen LogP contribution in [0.15, 0.2) is 194 Å². The summed E-state index contributed by atoms with van der Waals surface area (Å²) in [5.74, 6) is 0. The van der Waals surface area contributed by atoms with Crippen LogP contribution in [0.3, 0.4) is 0 Å². The Morgan fingerprint density at radius 3 is 0.735 bits per heavy atom. The Kier molecular flexibility index (Phi) is 33.0. The van der Waals surface area contributed by atoms with Gasteiger partial charge in [-0.3, -0.25) is 0 Å². The van der Waals surface area contributed by atoms with Gasteiger partial charge in [0.15, 0.2) is 0 Å². The van der Waals surface area contributed by atoms with Crippen molar-refractivity contribution in [3.8, 4) is 0 Å². The summed E-state index contributed by atoms with van der Waals surface area (Å²) in [4.78, 5) is 2.40. The second kappa shape index (κ2) is 38.3. The van der Waals surface area contributed by atoms with Crippen LogP contribution in [0.1, 0.15) is 109 Å². The van der Waals surface area contributed by atoms with E-state index < -0.39 is 29.9 Å². The summed E-state index contributed by atoms with van der Waals surface area (Å²) < 4.78 is 9.89. The van der Waals surface area contributed by atoms with Crippen molar-refractivity contribution in [2.75, 3.05) is 50.2 Å². The van der Waals surface area contributed by atoms with Crippen LogP contribution in [-0.2, 0) is 44.8 Å². The number of ether oxygens (including phenoxy) is 2. The molecule has 2 fully saturated rings. The van der Waals surface area contributed by atoms with E-state index in [4.69, 9.17) is 25.4 Å². The van der Waals surface area contributed by atoms with E-state index in [0.29, 0.717) is 34.0 Å². The van der Waals surface area contributed by atoms with Crippen LogP contribution in [0.2, 0.25) is 0 Å². The van der Waals surface area contributed by atoms with Crippen molar-refractivity contribution in [2.45, 2.75) is 143 Å². The van der Waals surface area contributed by atoms with E-state index >= 15 is 0 Å². The summed E-state index contributed by atoms with van der Waals surface area (Å²) in [5.41, 5.74) is 15.8. The van der Waals surface area contributed by atoms with Crippen molar-refractivity contribution in [1.82, 2.24) is 0 Å². The summed E-state index contributed by atoms with van der Waals surface area (Å²) in [5, 5.41) is 16.1. The summed E-state index contributed by atoms with van der Waals surface area (Å²) in [6.45, 7) is 32.4. The standard InChI is InChI=1S/C39H60N4P3.C24H20B.2C4H8O.Co.V/c1-28(2)44(29(3)4)25-40-34-19-13-16-22-37(34)43(38-23-17-14-20-35(38)41-26-45(30(5)6)31(7)8)39-24-18-15-21-36(39)42-27-46(32(9)10)33(11)12;1-5-13-21(14-6-1)25(22-15-7-2-8-16-22,23-17-9-3-10-18-23)24-19-11-4-12-20-24;2*1-2-4-5-3-1;;/h13-24,28-33H,25-27H2,1-12H3;1-20H;2*1-4H2;;/q-3;-1;;;2*+2/p+3. The van der Waals surface area contributed by atoms with Gasteiger partial charge in [-0.2, -0.15) is 21.9 Å². The van der Waals surface area contributed by atoms with Gasteiger partial charge in [0.1, 0.15) is 6.15 Å². The third kappa shape index (κ3) is 21.2. The van der Waals surface area contributed by atoms with Crippen LogP contribution < -0.4 is 26.8 Å². The fourth-order valence-corrected chi connectivity index (χ4v) is 18.8. The molecule has 7 aromatic rings. The van der Waals surface area contributed by atoms with Crippen LogP contribution in [0, 0.1) is 0 Å². The SMILES string of the molecule is C1CCOC1.C1CCOC1.CC(C)[PH+](C[N-]c1ccccc1N(c1ccccc1[N-]C[PH+](C(C)C)C(C)C)c1ccccc1[N-]C[PH+](C(C)C)C(C)C)C(C)C.[Co+2].[V+2].c1ccc([B-](c2ccccc2)(c2ccccc2)c2ccccc2)cc1. The van der Waals surface area contributed by atoms with Crippen LogP contribution in [-0.4, -0.2) is 85.4 Å². The van der Waals surface area contributed by atoms with Crippen LogP contribution >= 0.6 is 23.8 Å². The molecule has 0 aromatic heterocycles. The van der Waals surface area contributed by atoms with E-state index in [2.05, 4.69) is 282 Å². The quantitative estimate of drug-likeness (QED) is 0.0502.